The fraction of sp³-hybridized carbons (Fsp3) is 0.208. The number of halogens is 3. The van der Waals surface area contributed by atoms with Crippen LogP contribution in [0.25, 0.3) is 22.6 Å². The van der Waals surface area contributed by atoms with Gasteiger partial charge >= 0.3 is 6.61 Å². The smallest absolute Gasteiger partial charge is 0.387 e. The Bertz CT molecular complexity index is 1540. The topological polar surface area (TPSA) is 124 Å². The lowest BCUT2D eigenvalue weighted by Gasteiger charge is -2.30. The average Bonchev–Trinajstić information content (AvgIpc) is 3.55. The van der Waals surface area contributed by atoms with Gasteiger partial charge in [-0.1, -0.05) is 30.3 Å². The lowest BCUT2D eigenvalue weighted by Crippen LogP contribution is -2.33. The number of nitrogens with one attached hydrogen (secondary N) is 1. The van der Waals surface area contributed by atoms with Crippen LogP contribution in [-0.2, 0) is 12.1 Å². The number of aromatic nitrogens is 7. The van der Waals surface area contributed by atoms with E-state index in [0.29, 0.717) is 17.6 Å². The van der Waals surface area contributed by atoms with E-state index in [1.54, 1.807) is 16.7 Å². The third kappa shape index (κ3) is 4.12. The summed E-state index contributed by atoms with van der Waals surface area (Å²) in [6.07, 6.45) is 0. The second-order valence-electron chi connectivity index (χ2n) is 7.90. The van der Waals surface area contributed by atoms with Crippen molar-refractivity contribution in [1.29, 1.82) is 0 Å². The number of pyridine rings is 1. The number of aromatic amines is 1. The molecule has 13 heteroatoms. The molecule has 0 radical (unpaired) electrons. The molecule has 0 saturated heterocycles. The number of ether oxygens (including phenoxy) is 2. The van der Waals surface area contributed by atoms with Crippen LogP contribution in [-0.4, -0.2) is 54.0 Å². The molecule has 0 saturated carbocycles. The van der Waals surface area contributed by atoms with Crippen LogP contribution in [0.2, 0.25) is 0 Å². The Balaban J connectivity index is 1.77. The number of alkyl halides is 2. The van der Waals surface area contributed by atoms with Crippen LogP contribution in [0.15, 0.2) is 54.6 Å². The van der Waals surface area contributed by atoms with Gasteiger partial charge in [0.25, 0.3) is 0 Å². The highest BCUT2D eigenvalue weighted by molar-refractivity contribution is 5.81. The maximum atomic E-state index is 15.2. The molecule has 0 bridgehead atoms. The van der Waals surface area contributed by atoms with Gasteiger partial charge in [-0.05, 0) is 42.0 Å². The van der Waals surface area contributed by atoms with E-state index in [1.165, 1.54) is 49.6 Å². The molecule has 3 heterocycles. The van der Waals surface area contributed by atoms with Crippen molar-refractivity contribution in [3.05, 3.63) is 77.4 Å². The predicted molar refractivity (Wildman–Crippen MR) is 125 cm³/mol. The highest BCUT2D eigenvalue weighted by atomic mass is 19.3. The van der Waals surface area contributed by atoms with Crippen LogP contribution in [0, 0.1) is 5.82 Å². The summed E-state index contributed by atoms with van der Waals surface area (Å²) in [6, 6.07) is 12.7. The van der Waals surface area contributed by atoms with Gasteiger partial charge in [0.2, 0.25) is 11.7 Å². The molecule has 0 spiro atoms. The minimum Gasteiger partial charge on any atom is -0.480 e. The summed E-state index contributed by atoms with van der Waals surface area (Å²) in [5.41, 5.74) is -0.917. The molecule has 1 unspecified atom stereocenters. The Labute approximate surface area is 207 Å². The third-order valence-electron chi connectivity index (χ3n) is 5.89. The maximum absolute atomic E-state index is 15.2. The first-order valence-electron chi connectivity index (χ1n) is 11.1. The summed E-state index contributed by atoms with van der Waals surface area (Å²) in [5, 5.41) is 26.2. The van der Waals surface area contributed by atoms with Gasteiger partial charge in [-0.25, -0.2) is 9.37 Å². The van der Waals surface area contributed by atoms with Crippen LogP contribution in [0.3, 0.4) is 0 Å². The molecule has 2 aromatic carbocycles. The summed E-state index contributed by atoms with van der Waals surface area (Å²) in [5.74, 6) is -0.349. The summed E-state index contributed by atoms with van der Waals surface area (Å²) in [6.45, 7) is -0.880. The summed E-state index contributed by atoms with van der Waals surface area (Å²) >= 11 is 0. The molecule has 0 aliphatic heterocycles. The second kappa shape index (κ2) is 9.50. The van der Waals surface area contributed by atoms with Crippen molar-refractivity contribution < 1.29 is 27.8 Å². The highest BCUT2D eigenvalue weighted by Crippen LogP contribution is 2.40. The normalized spacial score (nSPS) is 13.2. The third-order valence-corrected chi connectivity index (χ3v) is 5.89. The molecule has 190 valence electrons. The minimum atomic E-state index is -3.02. The van der Waals surface area contributed by atoms with E-state index in [0.717, 1.165) is 0 Å². The minimum absolute atomic E-state index is 0.0532. The summed E-state index contributed by atoms with van der Waals surface area (Å²) in [4.78, 5) is 9.06. The van der Waals surface area contributed by atoms with E-state index in [2.05, 4.69) is 35.3 Å². The maximum Gasteiger partial charge on any atom is 0.387 e. The standard InChI is InChI=1S/C24H20F3N7O3/c1-3-34-18-12-15(19-30-32-33-31-19)21(36-2)28-20(18)29-22(34)24(35,16-6-4-5-7-17(16)25)13-8-10-14(11-9-13)37-23(26)27/h4-12,23,35H,3H2,1-2H3,(H,30,31,32,33). The van der Waals surface area contributed by atoms with Crippen molar-refractivity contribution in [3.8, 4) is 23.0 Å². The number of nitrogens with zero attached hydrogens (tertiary/aromatic N) is 6. The van der Waals surface area contributed by atoms with E-state index in [9.17, 15) is 13.9 Å². The number of aryl methyl sites for hydroxylation is 1. The number of rotatable bonds is 8. The number of fused-ring (bicyclic) bond motifs is 1. The quantitative estimate of drug-likeness (QED) is 0.324. The van der Waals surface area contributed by atoms with E-state index >= 15 is 4.39 Å². The molecule has 10 nitrogen and oxygen atoms in total. The number of aliphatic hydroxyl groups is 1. The number of tetrazole rings is 1. The lowest BCUT2D eigenvalue weighted by molar-refractivity contribution is -0.0498. The van der Waals surface area contributed by atoms with Crippen LogP contribution in [0.4, 0.5) is 13.2 Å². The average molecular weight is 511 g/mol. The predicted octanol–water partition coefficient (Wildman–Crippen LogP) is 3.66. The second-order valence-corrected chi connectivity index (χ2v) is 7.90. The van der Waals surface area contributed by atoms with Gasteiger partial charge in [-0.2, -0.15) is 19.0 Å². The number of H-pyrrole nitrogens is 1. The van der Waals surface area contributed by atoms with Gasteiger partial charge in [0.15, 0.2) is 17.1 Å². The first kappa shape index (κ1) is 24.2. The van der Waals surface area contributed by atoms with Crippen molar-refractivity contribution in [2.75, 3.05) is 7.11 Å². The van der Waals surface area contributed by atoms with E-state index in [-0.39, 0.29) is 40.1 Å². The van der Waals surface area contributed by atoms with Gasteiger partial charge in [0.05, 0.1) is 18.2 Å². The van der Waals surface area contributed by atoms with Crippen molar-refractivity contribution in [3.63, 3.8) is 0 Å². The van der Waals surface area contributed by atoms with Gasteiger partial charge in [0.1, 0.15) is 11.6 Å². The Hall–Kier alpha value is -4.52. The monoisotopic (exact) mass is 511 g/mol. The Morgan fingerprint density at radius 3 is 2.49 bits per heavy atom. The molecule has 37 heavy (non-hydrogen) atoms. The Kier molecular flexibility index (Phi) is 6.21. The van der Waals surface area contributed by atoms with Gasteiger partial charge < -0.3 is 19.1 Å². The SMILES string of the molecule is CCn1c(C(O)(c2ccc(OC(F)F)cc2)c2ccccc2F)nc2nc(OC)c(-c3nn[nH]n3)cc21. The summed E-state index contributed by atoms with van der Waals surface area (Å²) in [7, 11) is 1.42. The molecule has 5 aromatic rings. The number of hydrogen-bond acceptors (Lipinski definition) is 8. The zero-order chi connectivity index (χ0) is 26.2. The molecule has 5 rings (SSSR count). The molecule has 0 fully saturated rings. The molecule has 1 atom stereocenters. The van der Waals surface area contributed by atoms with E-state index < -0.39 is 18.0 Å². The van der Waals surface area contributed by atoms with Gasteiger partial charge in [-0.3, -0.25) is 0 Å². The van der Waals surface area contributed by atoms with Crippen LogP contribution in [0.5, 0.6) is 11.6 Å². The van der Waals surface area contributed by atoms with Crippen LogP contribution in [0.1, 0.15) is 23.9 Å². The number of hydrogen-bond donors (Lipinski definition) is 2. The Morgan fingerprint density at radius 2 is 1.86 bits per heavy atom. The van der Waals surface area contributed by atoms with Crippen molar-refractivity contribution in [1.82, 2.24) is 35.2 Å². The molecular formula is C24H20F3N7O3. The van der Waals surface area contributed by atoms with E-state index in [4.69, 9.17) is 4.74 Å². The fourth-order valence-electron chi connectivity index (χ4n) is 4.26. The number of imidazole rings is 1. The molecule has 2 N–H and O–H groups in total. The first-order chi connectivity index (χ1) is 17.9. The largest absolute Gasteiger partial charge is 0.480 e. The molecule has 0 aliphatic rings. The van der Waals surface area contributed by atoms with Crippen molar-refractivity contribution >= 4 is 11.2 Å². The van der Waals surface area contributed by atoms with Crippen molar-refractivity contribution in [2.45, 2.75) is 25.7 Å². The molecule has 0 amide bonds. The zero-order valence-corrected chi connectivity index (χ0v) is 19.6. The fourth-order valence-corrected chi connectivity index (χ4v) is 4.26. The van der Waals surface area contributed by atoms with E-state index in [1.807, 2.05) is 6.92 Å². The van der Waals surface area contributed by atoms with Crippen LogP contribution < -0.4 is 9.47 Å². The zero-order valence-electron chi connectivity index (χ0n) is 19.6. The number of benzene rings is 2. The highest BCUT2D eigenvalue weighted by Gasteiger charge is 2.41. The van der Waals surface area contributed by atoms with Gasteiger partial charge in [0, 0.05) is 12.1 Å². The van der Waals surface area contributed by atoms with Crippen LogP contribution >= 0.6 is 0 Å². The van der Waals surface area contributed by atoms with Gasteiger partial charge in [-0.15, -0.1) is 10.2 Å². The lowest BCUT2D eigenvalue weighted by atomic mass is 9.85. The first-order valence-corrected chi connectivity index (χ1v) is 11.1. The summed E-state index contributed by atoms with van der Waals surface area (Å²) < 4.78 is 52.1. The Morgan fingerprint density at radius 1 is 1.11 bits per heavy atom. The molecule has 0 aliphatic carbocycles. The molecular weight excluding hydrogens is 491 g/mol. The van der Waals surface area contributed by atoms with Crippen molar-refractivity contribution in [2.24, 2.45) is 0 Å². The molecule has 3 aromatic heterocycles. The number of methoxy groups -OCH3 is 1.